The van der Waals surface area contributed by atoms with E-state index in [-0.39, 0.29) is 33.6 Å². The van der Waals surface area contributed by atoms with Crippen molar-refractivity contribution < 1.29 is 29.3 Å². The molecule has 8 heteroatoms. The fourth-order valence-corrected chi connectivity index (χ4v) is 3.59. The van der Waals surface area contributed by atoms with Gasteiger partial charge < -0.3 is 26.4 Å². The topological polar surface area (TPSA) is 153 Å². The number of carbonyl (C=O) groups excluding carboxylic acids is 3. The van der Waals surface area contributed by atoms with E-state index < -0.39 is 29.0 Å². The summed E-state index contributed by atoms with van der Waals surface area (Å²) in [6.45, 7) is 1.27. The first-order chi connectivity index (χ1) is 14.2. The van der Waals surface area contributed by atoms with E-state index in [1.54, 1.807) is 12.1 Å². The minimum absolute atomic E-state index is 0.00917. The van der Waals surface area contributed by atoms with Gasteiger partial charge in [-0.15, -0.1) is 0 Å². The number of carbonyl (C=O) groups is 3. The molecule has 0 heterocycles. The lowest BCUT2D eigenvalue weighted by Crippen LogP contribution is -2.24. The second-order valence-electron chi connectivity index (χ2n) is 6.81. The highest BCUT2D eigenvalue weighted by Crippen LogP contribution is 2.44. The van der Waals surface area contributed by atoms with Crippen molar-refractivity contribution in [2.24, 2.45) is 0 Å². The van der Waals surface area contributed by atoms with Crippen molar-refractivity contribution in [1.29, 1.82) is 0 Å². The third-order valence-electron chi connectivity index (χ3n) is 4.90. The van der Waals surface area contributed by atoms with Crippen LogP contribution in [0.15, 0.2) is 42.5 Å². The Bertz CT molecular complexity index is 1260. The average molecular weight is 404 g/mol. The highest BCUT2D eigenvalue weighted by molar-refractivity contribution is 6.34. The van der Waals surface area contributed by atoms with Gasteiger partial charge in [0, 0.05) is 18.2 Å². The van der Waals surface area contributed by atoms with Gasteiger partial charge in [-0.1, -0.05) is 12.1 Å². The van der Waals surface area contributed by atoms with E-state index in [2.05, 4.69) is 0 Å². The minimum Gasteiger partial charge on any atom is -0.507 e. The predicted octanol–water partition coefficient (Wildman–Crippen LogP) is 2.63. The first-order valence-electron chi connectivity index (χ1n) is 8.85. The summed E-state index contributed by atoms with van der Waals surface area (Å²) < 4.78 is 4.99. The van der Waals surface area contributed by atoms with Gasteiger partial charge in [-0.2, -0.15) is 0 Å². The van der Waals surface area contributed by atoms with Crippen molar-refractivity contribution in [3.63, 3.8) is 0 Å². The van der Waals surface area contributed by atoms with Crippen molar-refractivity contribution in [2.75, 3.05) is 11.5 Å². The average Bonchev–Trinajstić information content (AvgIpc) is 2.69. The lowest BCUT2D eigenvalue weighted by atomic mass is 9.80. The number of aromatic hydroxyl groups is 2. The molecule has 0 amide bonds. The zero-order valence-electron chi connectivity index (χ0n) is 15.7. The van der Waals surface area contributed by atoms with Gasteiger partial charge in [-0.25, -0.2) is 0 Å². The molecule has 0 fully saturated rings. The van der Waals surface area contributed by atoms with Crippen LogP contribution in [0.2, 0.25) is 0 Å². The third-order valence-corrected chi connectivity index (χ3v) is 4.90. The number of anilines is 2. The van der Waals surface area contributed by atoms with E-state index in [1.165, 1.54) is 37.3 Å². The molecule has 0 radical (unpaired) electrons. The molecule has 1 aliphatic rings. The summed E-state index contributed by atoms with van der Waals surface area (Å²) in [5, 5.41) is 20.7. The normalized spacial score (nSPS) is 12.3. The maximum atomic E-state index is 13.1. The van der Waals surface area contributed by atoms with Crippen molar-refractivity contribution in [2.45, 2.75) is 6.92 Å². The summed E-state index contributed by atoms with van der Waals surface area (Å²) >= 11 is 0. The van der Waals surface area contributed by atoms with Crippen LogP contribution in [0.1, 0.15) is 38.8 Å². The maximum absolute atomic E-state index is 13.1. The zero-order valence-corrected chi connectivity index (χ0v) is 15.7. The standard InChI is InChI=1S/C22H16N2O6/c1-9(25)30-11-4-2-10(3-5-11)12-8-15(27)18-19(20(12)24)22(29)17-14(26)7-6-13(23)16(17)21(18)28/h2-8,26-27H,23-24H2,1H3. The van der Waals surface area contributed by atoms with Gasteiger partial charge in [-0.05, 0) is 35.9 Å². The number of nitrogen functional groups attached to an aromatic ring is 2. The Morgan fingerprint density at radius 2 is 1.43 bits per heavy atom. The van der Waals surface area contributed by atoms with Crippen LogP contribution in [0, 0.1) is 0 Å². The van der Waals surface area contributed by atoms with Gasteiger partial charge in [-0.3, -0.25) is 14.4 Å². The van der Waals surface area contributed by atoms with Crippen molar-refractivity contribution in [3.8, 4) is 28.4 Å². The molecule has 0 bridgehead atoms. The number of esters is 1. The highest BCUT2D eigenvalue weighted by Gasteiger charge is 2.38. The Hall–Kier alpha value is -4.33. The molecule has 4 rings (SSSR count). The number of hydrogen-bond donors (Lipinski definition) is 4. The van der Waals surface area contributed by atoms with Gasteiger partial charge in [0.25, 0.3) is 0 Å². The molecule has 0 unspecified atom stereocenters. The summed E-state index contributed by atoms with van der Waals surface area (Å²) in [4.78, 5) is 37.2. The highest BCUT2D eigenvalue weighted by atomic mass is 16.5. The summed E-state index contributed by atoms with van der Waals surface area (Å²) in [5.74, 6) is -2.42. The maximum Gasteiger partial charge on any atom is 0.308 e. The molecule has 8 nitrogen and oxygen atoms in total. The molecule has 1 aliphatic carbocycles. The van der Waals surface area contributed by atoms with Gasteiger partial charge in [0.15, 0.2) is 0 Å². The number of ketones is 2. The summed E-state index contributed by atoms with van der Waals surface area (Å²) in [7, 11) is 0. The van der Waals surface area contributed by atoms with Gasteiger partial charge in [0.1, 0.15) is 17.2 Å². The second kappa shape index (κ2) is 6.63. The predicted molar refractivity (Wildman–Crippen MR) is 109 cm³/mol. The molecule has 150 valence electrons. The van der Waals surface area contributed by atoms with Crippen LogP contribution in [-0.2, 0) is 4.79 Å². The van der Waals surface area contributed by atoms with Crippen LogP contribution in [0.3, 0.4) is 0 Å². The molecular weight excluding hydrogens is 388 g/mol. The second-order valence-corrected chi connectivity index (χ2v) is 6.81. The van der Waals surface area contributed by atoms with Crippen LogP contribution < -0.4 is 16.2 Å². The van der Waals surface area contributed by atoms with Gasteiger partial charge >= 0.3 is 5.97 Å². The molecule has 3 aromatic rings. The van der Waals surface area contributed by atoms with E-state index in [1.807, 2.05) is 0 Å². The Morgan fingerprint density at radius 3 is 2.07 bits per heavy atom. The smallest absolute Gasteiger partial charge is 0.308 e. The van der Waals surface area contributed by atoms with Crippen LogP contribution in [0.5, 0.6) is 17.2 Å². The number of phenolic OH excluding ortho intramolecular Hbond substituents is 2. The molecule has 0 saturated carbocycles. The lowest BCUT2D eigenvalue weighted by Gasteiger charge is -2.23. The number of benzene rings is 3. The Balaban J connectivity index is 1.91. The van der Waals surface area contributed by atoms with Crippen LogP contribution in [0.25, 0.3) is 11.1 Å². The number of nitrogens with two attached hydrogens (primary N) is 2. The number of ether oxygens (including phenoxy) is 1. The number of phenols is 2. The number of hydrogen-bond acceptors (Lipinski definition) is 8. The summed E-state index contributed by atoms with van der Waals surface area (Å²) in [5.41, 5.74) is 12.0. The Kier molecular flexibility index (Phi) is 4.20. The van der Waals surface area contributed by atoms with E-state index in [4.69, 9.17) is 16.2 Å². The van der Waals surface area contributed by atoms with E-state index in [0.29, 0.717) is 16.9 Å². The van der Waals surface area contributed by atoms with Crippen molar-refractivity contribution >= 4 is 28.9 Å². The monoisotopic (exact) mass is 404 g/mol. The van der Waals surface area contributed by atoms with Gasteiger partial charge in [0.05, 0.1) is 27.9 Å². The van der Waals surface area contributed by atoms with Crippen molar-refractivity contribution in [3.05, 3.63) is 64.7 Å². The Morgan fingerprint density at radius 1 is 0.833 bits per heavy atom. The van der Waals surface area contributed by atoms with E-state index in [9.17, 15) is 24.6 Å². The summed E-state index contributed by atoms with van der Waals surface area (Å²) in [6.07, 6.45) is 0. The number of rotatable bonds is 2. The minimum atomic E-state index is -0.712. The van der Waals surface area contributed by atoms with Gasteiger partial charge in [0.2, 0.25) is 11.6 Å². The van der Waals surface area contributed by atoms with Crippen LogP contribution in [0.4, 0.5) is 11.4 Å². The first-order valence-corrected chi connectivity index (χ1v) is 8.85. The molecule has 0 aromatic heterocycles. The Labute approximate surface area is 170 Å². The molecule has 30 heavy (non-hydrogen) atoms. The third kappa shape index (κ3) is 2.74. The summed E-state index contributed by atoms with van der Waals surface area (Å²) in [6, 6.07) is 10.1. The molecule has 0 spiro atoms. The van der Waals surface area contributed by atoms with Crippen LogP contribution in [-0.4, -0.2) is 27.7 Å². The molecule has 0 atom stereocenters. The fraction of sp³-hybridized carbons (Fsp3) is 0.0455. The zero-order chi connectivity index (χ0) is 21.7. The first kappa shape index (κ1) is 19.0. The number of fused-ring (bicyclic) bond motifs is 2. The molecular formula is C22H16N2O6. The van der Waals surface area contributed by atoms with Crippen LogP contribution >= 0.6 is 0 Å². The van der Waals surface area contributed by atoms with E-state index in [0.717, 1.165) is 0 Å². The molecule has 0 saturated heterocycles. The van der Waals surface area contributed by atoms with Crippen molar-refractivity contribution in [1.82, 2.24) is 0 Å². The lowest BCUT2D eigenvalue weighted by molar-refractivity contribution is -0.131. The fourth-order valence-electron chi connectivity index (χ4n) is 3.59. The largest absolute Gasteiger partial charge is 0.507 e. The quantitative estimate of drug-likeness (QED) is 0.172. The SMILES string of the molecule is CC(=O)Oc1ccc(-c2cc(O)c3c(c2N)C(=O)c2c(O)ccc(N)c2C3=O)cc1. The molecule has 6 N–H and O–H groups in total. The molecule has 0 aliphatic heterocycles. The van der Waals surface area contributed by atoms with E-state index >= 15 is 0 Å². The molecule has 3 aromatic carbocycles.